The molecule has 0 aromatic heterocycles. The van der Waals surface area contributed by atoms with Gasteiger partial charge in [-0.15, -0.1) is 0 Å². The summed E-state index contributed by atoms with van der Waals surface area (Å²) in [6.07, 6.45) is 4.82. The van der Waals surface area contributed by atoms with Crippen molar-refractivity contribution in [2.45, 2.75) is 44.2 Å². The zero-order chi connectivity index (χ0) is 16.4. The van der Waals surface area contributed by atoms with Crippen LogP contribution < -0.4 is 0 Å². The third-order valence-electron chi connectivity index (χ3n) is 7.12. The van der Waals surface area contributed by atoms with E-state index in [0.717, 1.165) is 36.2 Å². The van der Waals surface area contributed by atoms with Crippen molar-refractivity contribution in [2.75, 3.05) is 0 Å². The van der Waals surface area contributed by atoms with Crippen LogP contribution in [0.2, 0.25) is 0 Å². The topological polar surface area (TPSA) is 57.6 Å². The Bertz CT molecular complexity index is 687. The molecule has 4 fully saturated rings. The first-order valence-electron chi connectivity index (χ1n) is 9.25. The zero-order valence-corrected chi connectivity index (χ0v) is 13.7. The van der Waals surface area contributed by atoms with Crippen LogP contribution in [0.1, 0.15) is 43.7 Å². The van der Waals surface area contributed by atoms with Crippen molar-refractivity contribution in [2.24, 2.45) is 29.6 Å². The largest absolute Gasteiger partial charge is 0.480 e. The minimum absolute atomic E-state index is 0.0740. The lowest BCUT2D eigenvalue weighted by Crippen LogP contribution is -2.46. The summed E-state index contributed by atoms with van der Waals surface area (Å²) in [7, 11) is 0. The fourth-order valence-electron chi connectivity index (χ4n) is 6.04. The molecular weight excluding hydrogens is 302 g/mol. The summed E-state index contributed by atoms with van der Waals surface area (Å²) in [5, 5.41) is 9.64. The van der Waals surface area contributed by atoms with Crippen molar-refractivity contribution in [1.82, 2.24) is 4.90 Å². The van der Waals surface area contributed by atoms with Crippen LogP contribution in [0.25, 0.3) is 0 Å². The third-order valence-corrected chi connectivity index (χ3v) is 7.12. The van der Waals surface area contributed by atoms with E-state index in [1.807, 2.05) is 30.3 Å². The summed E-state index contributed by atoms with van der Waals surface area (Å²) in [6.45, 7) is 0. The highest BCUT2D eigenvalue weighted by atomic mass is 16.4. The Hall–Kier alpha value is -1.84. The molecule has 24 heavy (non-hydrogen) atoms. The van der Waals surface area contributed by atoms with Crippen LogP contribution in [0.3, 0.4) is 0 Å². The predicted octanol–water partition coefficient (Wildman–Crippen LogP) is 3.10. The van der Waals surface area contributed by atoms with E-state index in [2.05, 4.69) is 0 Å². The molecule has 1 aromatic rings. The first-order chi connectivity index (χ1) is 11.6. The Morgan fingerprint density at radius 1 is 0.958 bits per heavy atom. The molecule has 1 aromatic carbocycles. The number of carbonyl (C=O) groups excluding carboxylic acids is 1. The molecule has 1 amide bonds. The number of nitrogens with zero attached hydrogens (tertiary/aromatic N) is 1. The number of fused-ring (bicyclic) bond motifs is 5. The van der Waals surface area contributed by atoms with Gasteiger partial charge in [-0.3, -0.25) is 4.79 Å². The molecule has 1 aliphatic heterocycles. The van der Waals surface area contributed by atoms with Gasteiger partial charge in [0.05, 0.1) is 6.04 Å². The second-order valence-electron chi connectivity index (χ2n) is 8.17. The number of aliphatic carboxylic acids is 1. The number of hydrogen-bond donors (Lipinski definition) is 1. The van der Waals surface area contributed by atoms with Gasteiger partial charge in [0.25, 0.3) is 0 Å². The highest BCUT2D eigenvalue weighted by molar-refractivity contribution is 5.87. The molecule has 4 aliphatic rings. The van der Waals surface area contributed by atoms with Gasteiger partial charge in [-0.25, -0.2) is 4.79 Å². The zero-order valence-electron chi connectivity index (χ0n) is 13.7. The first-order valence-corrected chi connectivity index (χ1v) is 9.25. The molecule has 4 heteroatoms. The summed E-state index contributed by atoms with van der Waals surface area (Å²) in [4.78, 5) is 26.8. The molecule has 1 N–H and O–H groups in total. The lowest BCUT2D eigenvalue weighted by Gasteiger charge is -2.33. The molecule has 0 radical (unpaired) electrons. The summed E-state index contributed by atoms with van der Waals surface area (Å²) < 4.78 is 0. The highest BCUT2D eigenvalue weighted by Crippen LogP contribution is 2.68. The number of carbonyl (C=O) groups is 2. The molecule has 5 rings (SSSR count). The second-order valence-corrected chi connectivity index (χ2v) is 8.17. The van der Waals surface area contributed by atoms with Crippen LogP contribution in [0, 0.1) is 29.6 Å². The van der Waals surface area contributed by atoms with E-state index in [9.17, 15) is 14.7 Å². The van der Waals surface area contributed by atoms with Gasteiger partial charge < -0.3 is 10.0 Å². The van der Waals surface area contributed by atoms with Gasteiger partial charge in [0, 0.05) is 5.92 Å². The molecule has 3 aliphatic carbocycles. The smallest absolute Gasteiger partial charge is 0.326 e. The maximum atomic E-state index is 13.4. The molecule has 126 valence electrons. The van der Waals surface area contributed by atoms with Crippen LogP contribution >= 0.6 is 0 Å². The number of likely N-dealkylation sites (tertiary alicyclic amines) is 1. The molecule has 2 bridgehead atoms. The number of rotatable bonds is 3. The summed E-state index contributed by atoms with van der Waals surface area (Å²) in [5.41, 5.74) is 1.07. The van der Waals surface area contributed by atoms with E-state index in [4.69, 9.17) is 0 Å². The number of amides is 1. The predicted molar refractivity (Wildman–Crippen MR) is 88.0 cm³/mol. The van der Waals surface area contributed by atoms with Crippen LogP contribution in [0.15, 0.2) is 30.3 Å². The third kappa shape index (κ3) is 1.98. The van der Waals surface area contributed by atoms with E-state index in [1.54, 1.807) is 4.90 Å². The number of carboxylic acid groups (broad SMARTS) is 1. The average molecular weight is 325 g/mol. The SMILES string of the molecule is O=C(O)C1CC[C@@H](c2ccccc2)N1C(=O)C1CC2CC1C1CC21. The fourth-order valence-corrected chi connectivity index (χ4v) is 6.04. The summed E-state index contributed by atoms with van der Waals surface area (Å²) in [6, 6.07) is 9.21. The highest BCUT2D eigenvalue weighted by Gasteiger charge is 2.63. The van der Waals surface area contributed by atoms with E-state index in [-0.39, 0.29) is 17.9 Å². The Balaban J connectivity index is 1.45. The minimum atomic E-state index is -0.853. The molecule has 1 saturated heterocycles. The molecule has 7 atom stereocenters. The molecule has 6 unspecified atom stereocenters. The van der Waals surface area contributed by atoms with Gasteiger partial charge in [0.2, 0.25) is 5.91 Å². The monoisotopic (exact) mass is 325 g/mol. The van der Waals surface area contributed by atoms with Crippen molar-refractivity contribution in [3.8, 4) is 0 Å². The maximum absolute atomic E-state index is 13.4. The van der Waals surface area contributed by atoms with E-state index >= 15 is 0 Å². The van der Waals surface area contributed by atoms with Crippen molar-refractivity contribution in [3.63, 3.8) is 0 Å². The molecule has 3 saturated carbocycles. The van der Waals surface area contributed by atoms with Crippen molar-refractivity contribution < 1.29 is 14.7 Å². The van der Waals surface area contributed by atoms with Gasteiger partial charge >= 0.3 is 5.97 Å². The Kier molecular flexibility index (Phi) is 3.07. The number of benzene rings is 1. The summed E-state index contributed by atoms with van der Waals surface area (Å²) >= 11 is 0. The fraction of sp³-hybridized carbons (Fsp3) is 0.600. The van der Waals surface area contributed by atoms with Gasteiger partial charge in [0.15, 0.2) is 0 Å². The molecule has 0 spiro atoms. The molecular formula is C20H23NO3. The normalized spacial score (nSPS) is 42.2. The van der Waals surface area contributed by atoms with Crippen molar-refractivity contribution >= 4 is 11.9 Å². The van der Waals surface area contributed by atoms with Crippen molar-refractivity contribution in [3.05, 3.63) is 35.9 Å². The summed E-state index contributed by atoms with van der Waals surface area (Å²) in [5.74, 6) is 2.25. The van der Waals surface area contributed by atoms with Crippen LogP contribution in [-0.2, 0) is 9.59 Å². The van der Waals surface area contributed by atoms with E-state index < -0.39 is 12.0 Å². The Morgan fingerprint density at radius 2 is 1.75 bits per heavy atom. The van der Waals surface area contributed by atoms with E-state index in [0.29, 0.717) is 12.3 Å². The Morgan fingerprint density at radius 3 is 2.42 bits per heavy atom. The molecule has 4 nitrogen and oxygen atoms in total. The van der Waals surface area contributed by atoms with E-state index in [1.165, 1.54) is 12.8 Å². The molecule has 1 heterocycles. The van der Waals surface area contributed by atoms with Crippen LogP contribution in [0.5, 0.6) is 0 Å². The second kappa shape index (κ2) is 5.08. The standard InChI is InChI=1S/C20H23NO3/c22-19(16-9-12-8-14(16)15-10-13(12)15)21-17(6-7-18(21)20(23)24)11-4-2-1-3-5-11/h1-5,12-18H,6-10H2,(H,23,24)/t12?,13?,14?,15?,16?,17-,18?/m0/s1. The van der Waals surface area contributed by atoms with Gasteiger partial charge in [0.1, 0.15) is 6.04 Å². The first kappa shape index (κ1) is 14.5. The van der Waals surface area contributed by atoms with Gasteiger partial charge in [-0.1, -0.05) is 30.3 Å². The van der Waals surface area contributed by atoms with Gasteiger partial charge in [-0.05, 0) is 61.3 Å². The average Bonchev–Trinajstić information content (AvgIpc) is 2.98. The van der Waals surface area contributed by atoms with Gasteiger partial charge in [-0.2, -0.15) is 0 Å². The van der Waals surface area contributed by atoms with Crippen LogP contribution in [0.4, 0.5) is 0 Å². The lowest BCUT2D eigenvalue weighted by molar-refractivity contribution is -0.152. The maximum Gasteiger partial charge on any atom is 0.326 e. The Labute approximate surface area is 141 Å². The lowest BCUT2D eigenvalue weighted by atomic mass is 9.87. The minimum Gasteiger partial charge on any atom is -0.480 e. The van der Waals surface area contributed by atoms with Crippen LogP contribution in [-0.4, -0.2) is 27.9 Å². The number of carboxylic acids is 1. The van der Waals surface area contributed by atoms with Crippen molar-refractivity contribution in [1.29, 1.82) is 0 Å². The number of hydrogen-bond acceptors (Lipinski definition) is 2. The quantitative estimate of drug-likeness (QED) is 0.929.